The fourth-order valence-corrected chi connectivity index (χ4v) is 2.52. The Kier molecular flexibility index (Phi) is 2.45. The third-order valence-electron chi connectivity index (χ3n) is 2.70. The van der Waals surface area contributed by atoms with Gasteiger partial charge in [0.1, 0.15) is 0 Å². The number of nitrogen functional groups attached to an aromatic ring is 1. The summed E-state index contributed by atoms with van der Waals surface area (Å²) in [6.45, 7) is 0.738. The van der Waals surface area contributed by atoms with Crippen molar-refractivity contribution in [1.82, 2.24) is 10.2 Å². The van der Waals surface area contributed by atoms with Gasteiger partial charge in [-0.25, -0.2) is 0 Å². The van der Waals surface area contributed by atoms with Crippen molar-refractivity contribution in [2.75, 3.05) is 11.1 Å². The van der Waals surface area contributed by atoms with Gasteiger partial charge in [-0.2, -0.15) is 5.10 Å². The van der Waals surface area contributed by atoms with Gasteiger partial charge in [-0.1, -0.05) is 12.1 Å². The van der Waals surface area contributed by atoms with Crippen LogP contribution in [0.5, 0.6) is 0 Å². The number of H-pyrrole nitrogens is 1. The van der Waals surface area contributed by atoms with Crippen LogP contribution in [0.3, 0.4) is 0 Å². The highest BCUT2D eigenvalue weighted by molar-refractivity contribution is 7.10. The fourth-order valence-electron chi connectivity index (χ4n) is 1.79. The Hall–Kier alpha value is -2.01. The molecule has 4 N–H and O–H groups in total. The molecule has 0 amide bonds. The molecule has 0 saturated carbocycles. The summed E-state index contributed by atoms with van der Waals surface area (Å²) in [6.07, 6.45) is 1.82. The summed E-state index contributed by atoms with van der Waals surface area (Å²) in [7, 11) is 0. The van der Waals surface area contributed by atoms with Gasteiger partial charge in [-0.15, -0.1) is 11.3 Å². The van der Waals surface area contributed by atoms with E-state index in [1.54, 1.807) is 11.3 Å². The summed E-state index contributed by atoms with van der Waals surface area (Å²) < 4.78 is 0. The van der Waals surface area contributed by atoms with E-state index in [1.165, 1.54) is 0 Å². The molecule has 0 saturated heterocycles. The van der Waals surface area contributed by atoms with Crippen LogP contribution < -0.4 is 11.1 Å². The van der Waals surface area contributed by atoms with Crippen LogP contribution in [0.1, 0.15) is 4.88 Å². The van der Waals surface area contributed by atoms with Gasteiger partial charge in [-0.3, -0.25) is 5.10 Å². The first-order chi connectivity index (χ1) is 8.34. The number of rotatable bonds is 3. The fraction of sp³-hybridized carbons (Fsp3) is 0.0833. The molecular weight excluding hydrogens is 232 g/mol. The molecule has 0 unspecified atom stereocenters. The van der Waals surface area contributed by atoms with Gasteiger partial charge in [0.15, 0.2) is 0 Å². The molecule has 3 aromatic rings. The van der Waals surface area contributed by atoms with Crippen LogP contribution in [-0.2, 0) is 6.54 Å². The summed E-state index contributed by atoms with van der Waals surface area (Å²) in [6, 6.07) is 8.00. The molecule has 0 spiro atoms. The quantitative estimate of drug-likeness (QED) is 0.663. The van der Waals surface area contributed by atoms with Crippen molar-refractivity contribution in [3.63, 3.8) is 0 Å². The van der Waals surface area contributed by atoms with Crippen LogP contribution in [0.2, 0.25) is 0 Å². The lowest BCUT2D eigenvalue weighted by molar-refractivity contribution is 1.11. The van der Waals surface area contributed by atoms with E-state index in [9.17, 15) is 0 Å². The molecule has 2 heterocycles. The van der Waals surface area contributed by atoms with Gasteiger partial charge in [0.25, 0.3) is 0 Å². The number of para-hydroxylation sites is 1. The number of anilines is 2. The molecule has 0 radical (unpaired) electrons. The number of nitrogens with two attached hydrogens (primary N) is 1. The van der Waals surface area contributed by atoms with Crippen LogP contribution in [0, 0.1) is 0 Å². The second kappa shape index (κ2) is 4.10. The number of aromatic amines is 1. The Labute approximate surface area is 102 Å². The van der Waals surface area contributed by atoms with Crippen molar-refractivity contribution in [1.29, 1.82) is 0 Å². The van der Waals surface area contributed by atoms with Crippen molar-refractivity contribution in [2.45, 2.75) is 6.54 Å². The summed E-state index contributed by atoms with van der Waals surface area (Å²) in [5.41, 5.74) is 8.77. The minimum absolute atomic E-state index is 0.738. The number of nitrogens with zero attached hydrogens (tertiary/aromatic N) is 1. The van der Waals surface area contributed by atoms with Gasteiger partial charge >= 0.3 is 0 Å². The molecule has 0 fully saturated rings. The lowest BCUT2D eigenvalue weighted by atomic mass is 10.2. The Balaban J connectivity index is 1.86. The zero-order valence-electron chi connectivity index (χ0n) is 9.10. The molecule has 17 heavy (non-hydrogen) atoms. The molecule has 3 rings (SSSR count). The van der Waals surface area contributed by atoms with Gasteiger partial charge in [-0.05, 0) is 17.5 Å². The zero-order valence-corrected chi connectivity index (χ0v) is 9.92. The maximum atomic E-state index is 5.85. The topological polar surface area (TPSA) is 66.7 Å². The lowest BCUT2D eigenvalue weighted by Gasteiger charge is -2.06. The molecule has 4 nitrogen and oxygen atoms in total. The van der Waals surface area contributed by atoms with E-state index in [4.69, 9.17) is 5.73 Å². The minimum Gasteiger partial charge on any atom is -0.398 e. The normalized spacial score (nSPS) is 10.8. The van der Waals surface area contributed by atoms with E-state index in [0.717, 1.165) is 33.7 Å². The van der Waals surface area contributed by atoms with Crippen molar-refractivity contribution in [2.24, 2.45) is 0 Å². The van der Waals surface area contributed by atoms with Crippen molar-refractivity contribution >= 4 is 33.6 Å². The van der Waals surface area contributed by atoms with Crippen LogP contribution in [0.25, 0.3) is 10.9 Å². The van der Waals surface area contributed by atoms with Crippen molar-refractivity contribution in [3.05, 3.63) is 40.7 Å². The van der Waals surface area contributed by atoms with Crippen LogP contribution in [-0.4, -0.2) is 10.2 Å². The Morgan fingerprint density at radius 3 is 3.12 bits per heavy atom. The van der Waals surface area contributed by atoms with E-state index in [0.29, 0.717) is 0 Å². The smallest absolute Gasteiger partial charge is 0.0881 e. The summed E-state index contributed by atoms with van der Waals surface area (Å²) in [5.74, 6) is 0. The summed E-state index contributed by atoms with van der Waals surface area (Å²) in [4.78, 5) is 1.15. The second-order valence-corrected chi connectivity index (χ2v) is 4.79. The number of nitrogens with one attached hydrogen (secondary N) is 2. The Morgan fingerprint density at radius 1 is 1.35 bits per heavy atom. The number of thiophene rings is 1. The first-order valence-corrected chi connectivity index (χ1v) is 6.20. The third kappa shape index (κ3) is 1.85. The van der Waals surface area contributed by atoms with Gasteiger partial charge < -0.3 is 11.1 Å². The van der Waals surface area contributed by atoms with Crippen molar-refractivity contribution < 1.29 is 0 Å². The molecule has 0 atom stereocenters. The predicted molar refractivity (Wildman–Crippen MR) is 72.2 cm³/mol. The van der Waals surface area contributed by atoms with Gasteiger partial charge in [0.05, 0.1) is 23.9 Å². The number of aromatic nitrogens is 2. The van der Waals surface area contributed by atoms with Gasteiger partial charge in [0.2, 0.25) is 0 Å². The molecule has 0 bridgehead atoms. The number of benzene rings is 1. The Bertz CT molecular complexity index is 641. The molecule has 0 aliphatic rings. The monoisotopic (exact) mass is 244 g/mol. The maximum absolute atomic E-state index is 5.85. The number of hydrogen-bond acceptors (Lipinski definition) is 4. The molecule has 0 aliphatic heterocycles. The molecular formula is C12H12N4S. The number of fused-ring (bicyclic) bond motifs is 1. The number of hydrogen-bond donors (Lipinski definition) is 3. The standard InChI is InChI=1S/C12H12N4S/c13-9-4-5-17-11(9)7-14-10-3-1-2-8-6-15-16-12(8)10/h1-6,14H,7,13H2,(H,15,16). The highest BCUT2D eigenvalue weighted by Gasteiger charge is 2.04. The van der Waals surface area contributed by atoms with E-state index in [1.807, 2.05) is 35.8 Å². The molecule has 2 aromatic heterocycles. The van der Waals surface area contributed by atoms with Crippen LogP contribution >= 0.6 is 11.3 Å². The average Bonchev–Trinajstić information content (AvgIpc) is 2.95. The van der Waals surface area contributed by atoms with Crippen molar-refractivity contribution in [3.8, 4) is 0 Å². The second-order valence-electron chi connectivity index (χ2n) is 3.79. The van der Waals surface area contributed by atoms with Crippen LogP contribution in [0.4, 0.5) is 11.4 Å². The summed E-state index contributed by atoms with van der Waals surface area (Å²) in [5, 5.41) is 13.5. The average molecular weight is 244 g/mol. The first kappa shape index (κ1) is 10.2. The van der Waals surface area contributed by atoms with Crippen LogP contribution in [0.15, 0.2) is 35.8 Å². The first-order valence-electron chi connectivity index (χ1n) is 5.32. The van der Waals surface area contributed by atoms with E-state index >= 15 is 0 Å². The molecule has 86 valence electrons. The SMILES string of the molecule is Nc1ccsc1CNc1cccc2cn[nH]c12. The highest BCUT2D eigenvalue weighted by atomic mass is 32.1. The van der Waals surface area contributed by atoms with Gasteiger partial charge in [0, 0.05) is 16.0 Å². The Morgan fingerprint density at radius 2 is 2.29 bits per heavy atom. The maximum Gasteiger partial charge on any atom is 0.0881 e. The molecule has 0 aliphatic carbocycles. The minimum atomic E-state index is 0.738. The third-order valence-corrected chi connectivity index (χ3v) is 3.63. The van der Waals surface area contributed by atoms with E-state index in [2.05, 4.69) is 15.5 Å². The summed E-state index contributed by atoms with van der Waals surface area (Å²) >= 11 is 1.66. The highest BCUT2D eigenvalue weighted by Crippen LogP contribution is 2.24. The van der Waals surface area contributed by atoms with E-state index < -0.39 is 0 Å². The molecule has 5 heteroatoms. The zero-order chi connectivity index (χ0) is 11.7. The molecule has 1 aromatic carbocycles. The largest absolute Gasteiger partial charge is 0.398 e. The lowest BCUT2D eigenvalue weighted by Crippen LogP contribution is -2.00. The van der Waals surface area contributed by atoms with E-state index in [-0.39, 0.29) is 0 Å². The predicted octanol–water partition coefficient (Wildman–Crippen LogP) is 2.82.